The number of hydrogen-bond donors (Lipinski definition) is 2. The van der Waals surface area contributed by atoms with Crippen molar-refractivity contribution < 1.29 is 9.84 Å². The summed E-state index contributed by atoms with van der Waals surface area (Å²) in [6, 6.07) is 5.29. The second kappa shape index (κ2) is 6.45. The molecule has 0 atom stereocenters. The molecular weight excluding hydrogens is 261 g/mol. The summed E-state index contributed by atoms with van der Waals surface area (Å²) >= 11 is 12.0. The number of ether oxygens (including phenoxy) is 1. The zero-order valence-electron chi connectivity index (χ0n) is 9.96. The van der Waals surface area contributed by atoms with Crippen molar-refractivity contribution in [3.63, 3.8) is 0 Å². The predicted molar refractivity (Wildman–Crippen MR) is 71.1 cm³/mol. The van der Waals surface area contributed by atoms with Gasteiger partial charge < -0.3 is 15.2 Å². The summed E-state index contributed by atoms with van der Waals surface area (Å²) in [6.45, 7) is 5.13. The van der Waals surface area contributed by atoms with Gasteiger partial charge in [0.2, 0.25) is 0 Å². The van der Waals surface area contributed by atoms with Gasteiger partial charge in [0.1, 0.15) is 16.4 Å². The van der Waals surface area contributed by atoms with Gasteiger partial charge in [0.25, 0.3) is 0 Å². The number of rotatable bonds is 6. The predicted octanol–water partition coefficient (Wildman–Crippen LogP) is 2.73. The van der Waals surface area contributed by atoms with Crippen molar-refractivity contribution >= 4 is 23.2 Å². The molecule has 96 valence electrons. The average molecular weight is 278 g/mol. The molecule has 1 rings (SSSR count). The van der Waals surface area contributed by atoms with Crippen molar-refractivity contribution in [1.82, 2.24) is 5.32 Å². The van der Waals surface area contributed by atoms with Crippen LogP contribution in [0.3, 0.4) is 0 Å². The maximum Gasteiger partial charge on any atom is 0.140 e. The van der Waals surface area contributed by atoms with E-state index in [4.69, 9.17) is 33.0 Å². The summed E-state index contributed by atoms with van der Waals surface area (Å²) in [4.78, 5) is 0. The normalized spacial score (nSPS) is 11.6. The van der Waals surface area contributed by atoms with Crippen LogP contribution in [-0.4, -0.2) is 30.4 Å². The molecule has 0 spiro atoms. The monoisotopic (exact) mass is 277 g/mol. The van der Waals surface area contributed by atoms with Crippen molar-refractivity contribution in [2.45, 2.75) is 19.4 Å². The van der Waals surface area contributed by atoms with E-state index in [2.05, 4.69) is 5.32 Å². The van der Waals surface area contributed by atoms with E-state index in [-0.39, 0.29) is 6.61 Å². The van der Waals surface area contributed by atoms with Crippen LogP contribution in [0.25, 0.3) is 0 Å². The van der Waals surface area contributed by atoms with Crippen molar-refractivity contribution in [3.8, 4) is 5.75 Å². The molecule has 0 aromatic heterocycles. The first-order valence-electron chi connectivity index (χ1n) is 5.41. The molecule has 0 aliphatic heterocycles. The Bertz CT molecular complexity index is 370. The molecule has 0 saturated carbocycles. The van der Waals surface area contributed by atoms with Crippen LogP contribution in [0.4, 0.5) is 0 Å². The molecule has 0 amide bonds. The first-order valence-corrected chi connectivity index (χ1v) is 6.16. The van der Waals surface area contributed by atoms with E-state index in [0.717, 1.165) is 0 Å². The van der Waals surface area contributed by atoms with Gasteiger partial charge in [-0.25, -0.2) is 0 Å². The summed E-state index contributed by atoms with van der Waals surface area (Å²) in [5.41, 5.74) is -0.427. The number of halogens is 2. The van der Waals surface area contributed by atoms with Crippen LogP contribution in [0, 0.1) is 0 Å². The van der Waals surface area contributed by atoms with Crippen LogP contribution in [0.15, 0.2) is 18.2 Å². The van der Waals surface area contributed by atoms with E-state index in [1.165, 1.54) is 0 Å². The minimum absolute atomic E-state index is 0.105. The molecule has 2 N–H and O–H groups in total. The Hall–Kier alpha value is -0.480. The van der Waals surface area contributed by atoms with Crippen molar-refractivity contribution in [2.24, 2.45) is 0 Å². The quantitative estimate of drug-likeness (QED) is 0.786. The van der Waals surface area contributed by atoms with Crippen molar-refractivity contribution in [3.05, 3.63) is 28.2 Å². The summed E-state index contributed by atoms with van der Waals surface area (Å²) in [5, 5.41) is 12.7. The summed E-state index contributed by atoms with van der Waals surface area (Å²) in [6.07, 6.45) is 0. The van der Waals surface area contributed by atoms with Gasteiger partial charge in [-0.05, 0) is 26.0 Å². The minimum atomic E-state index is -0.427. The Morgan fingerprint density at radius 1 is 1.35 bits per heavy atom. The van der Waals surface area contributed by atoms with Crippen LogP contribution in [-0.2, 0) is 0 Å². The molecule has 3 nitrogen and oxygen atoms in total. The first-order chi connectivity index (χ1) is 7.96. The van der Waals surface area contributed by atoms with Gasteiger partial charge in [-0.2, -0.15) is 0 Å². The third-order valence-electron chi connectivity index (χ3n) is 2.14. The molecule has 0 bridgehead atoms. The van der Waals surface area contributed by atoms with Crippen LogP contribution in [0.2, 0.25) is 10.0 Å². The topological polar surface area (TPSA) is 41.5 Å². The lowest BCUT2D eigenvalue weighted by atomic mass is 10.1. The molecular formula is C12H17Cl2NO2. The lowest BCUT2D eigenvalue weighted by Crippen LogP contribution is -2.41. The van der Waals surface area contributed by atoms with Gasteiger partial charge in [-0.3, -0.25) is 0 Å². The molecule has 0 aliphatic carbocycles. The van der Waals surface area contributed by atoms with Crippen molar-refractivity contribution in [1.29, 1.82) is 0 Å². The van der Waals surface area contributed by atoms with Gasteiger partial charge in [0.05, 0.1) is 11.6 Å². The second-order valence-corrected chi connectivity index (χ2v) is 5.10. The largest absolute Gasteiger partial charge is 0.485 e. The van der Waals surface area contributed by atoms with Crippen LogP contribution in [0.5, 0.6) is 5.75 Å². The zero-order valence-corrected chi connectivity index (χ0v) is 11.5. The maximum atomic E-state index is 8.69. The van der Waals surface area contributed by atoms with E-state index in [1.54, 1.807) is 18.2 Å². The Kier molecular flexibility index (Phi) is 5.53. The first kappa shape index (κ1) is 14.6. The van der Waals surface area contributed by atoms with Crippen molar-refractivity contribution in [2.75, 3.05) is 19.7 Å². The molecule has 17 heavy (non-hydrogen) atoms. The Morgan fingerprint density at radius 2 is 2.06 bits per heavy atom. The van der Waals surface area contributed by atoms with E-state index in [0.29, 0.717) is 28.9 Å². The molecule has 1 aromatic carbocycles. The highest BCUT2D eigenvalue weighted by Crippen LogP contribution is 2.33. The van der Waals surface area contributed by atoms with Gasteiger partial charge in [0.15, 0.2) is 0 Å². The van der Waals surface area contributed by atoms with E-state index in [1.807, 2.05) is 13.8 Å². The SMILES string of the molecule is CC(C)(CNCCO)Oc1cccc(Cl)c1Cl. The van der Waals surface area contributed by atoms with E-state index in [9.17, 15) is 0 Å². The summed E-state index contributed by atoms with van der Waals surface area (Å²) in [7, 11) is 0. The highest BCUT2D eigenvalue weighted by molar-refractivity contribution is 6.42. The molecule has 0 fully saturated rings. The van der Waals surface area contributed by atoms with Gasteiger partial charge >= 0.3 is 0 Å². The Morgan fingerprint density at radius 3 is 2.71 bits per heavy atom. The zero-order chi connectivity index (χ0) is 12.9. The average Bonchev–Trinajstić information content (AvgIpc) is 2.25. The Labute approximate surface area is 112 Å². The van der Waals surface area contributed by atoms with Gasteiger partial charge in [-0.1, -0.05) is 29.3 Å². The molecule has 0 heterocycles. The van der Waals surface area contributed by atoms with Gasteiger partial charge in [0, 0.05) is 13.1 Å². The molecule has 0 aliphatic rings. The van der Waals surface area contributed by atoms with Gasteiger partial charge in [-0.15, -0.1) is 0 Å². The minimum Gasteiger partial charge on any atom is -0.485 e. The molecule has 0 unspecified atom stereocenters. The smallest absolute Gasteiger partial charge is 0.140 e. The number of nitrogens with one attached hydrogen (secondary N) is 1. The molecule has 0 saturated heterocycles. The third-order valence-corrected chi connectivity index (χ3v) is 2.94. The van der Waals surface area contributed by atoms with E-state index < -0.39 is 5.60 Å². The standard InChI is InChI=1S/C12H17Cl2NO2/c1-12(2,8-15-6-7-16)17-10-5-3-4-9(13)11(10)14/h3-5,15-16H,6-8H2,1-2H3. The fourth-order valence-electron chi connectivity index (χ4n) is 1.37. The highest BCUT2D eigenvalue weighted by atomic mass is 35.5. The molecule has 5 heteroatoms. The lowest BCUT2D eigenvalue weighted by Gasteiger charge is -2.27. The number of aliphatic hydroxyl groups is 1. The lowest BCUT2D eigenvalue weighted by molar-refractivity contribution is 0.106. The van der Waals surface area contributed by atoms with Crippen LogP contribution in [0.1, 0.15) is 13.8 Å². The number of benzene rings is 1. The highest BCUT2D eigenvalue weighted by Gasteiger charge is 2.21. The van der Waals surface area contributed by atoms with Crippen LogP contribution < -0.4 is 10.1 Å². The Balaban J connectivity index is 2.65. The number of aliphatic hydroxyl groups excluding tert-OH is 1. The second-order valence-electron chi connectivity index (χ2n) is 4.31. The van der Waals surface area contributed by atoms with Crippen LogP contribution >= 0.6 is 23.2 Å². The molecule has 1 aromatic rings. The van der Waals surface area contributed by atoms with E-state index >= 15 is 0 Å². The third kappa shape index (κ3) is 4.72. The summed E-state index contributed by atoms with van der Waals surface area (Å²) in [5.74, 6) is 0.565. The fraction of sp³-hybridized carbons (Fsp3) is 0.500. The molecule has 0 radical (unpaired) electrons. The fourth-order valence-corrected chi connectivity index (χ4v) is 1.70. The number of hydrogen-bond acceptors (Lipinski definition) is 3. The maximum absolute atomic E-state index is 8.69. The summed E-state index contributed by atoms with van der Waals surface area (Å²) < 4.78 is 5.80.